The molecule has 0 spiro atoms. The fourth-order valence-corrected chi connectivity index (χ4v) is 0.239. The molecule has 0 aromatic carbocycles. The van der Waals surface area contributed by atoms with Gasteiger partial charge in [-0.25, -0.2) is 0 Å². The van der Waals surface area contributed by atoms with Crippen LogP contribution in [-0.4, -0.2) is 24.5 Å². The zero-order valence-corrected chi connectivity index (χ0v) is 4.42. The summed E-state index contributed by atoms with van der Waals surface area (Å²) in [5.41, 5.74) is 4.91. The summed E-state index contributed by atoms with van der Waals surface area (Å²) in [6.07, 6.45) is -0.819. The van der Waals surface area contributed by atoms with Crippen LogP contribution in [0.1, 0.15) is 6.92 Å². The molecule has 0 radical (unpaired) electrons. The van der Waals surface area contributed by atoms with E-state index in [0.29, 0.717) is 6.61 Å². The first-order valence-corrected chi connectivity index (χ1v) is 2.28. The molecule has 0 aromatic rings. The van der Waals surface area contributed by atoms with Gasteiger partial charge in [0.05, 0.1) is 6.61 Å². The molecule has 0 fully saturated rings. The van der Waals surface area contributed by atoms with Gasteiger partial charge in [0.15, 0.2) is 0 Å². The fourth-order valence-electron chi connectivity index (χ4n) is 0.239. The third-order valence-electron chi connectivity index (χ3n) is 0.493. The van der Waals surface area contributed by atoms with Crippen molar-refractivity contribution in [2.75, 3.05) is 13.2 Å². The van der Waals surface area contributed by atoms with Gasteiger partial charge >= 0.3 is 0 Å². The SMILES string of the molecule is CCOCC(N)O. The molecule has 0 saturated heterocycles. The van der Waals surface area contributed by atoms with E-state index in [4.69, 9.17) is 15.6 Å². The fraction of sp³-hybridized carbons (Fsp3) is 1.00. The minimum atomic E-state index is -0.819. The average Bonchev–Trinajstić information content (AvgIpc) is 1.61. The Kier molecular flexibility index (Phi) is 3.98. The molecule has 0 heterocycles. The van der Waals surface area contributed by atoms with Gasteiger partial charge in [0.1, 0.15) is 6.23 Å². The molecule has 0 bridgehead atoms. The summed E-state index contributed by atoms with van der Waals surface area (Å²) in [5, 5.41) is 8.34. The van der Waals surface area contributed by atoms with Gasteiger partial charge in [-0.2, -0.15) is 0 Å². The van der Waals surface area contributed by atoms with Crippen LogP contribution in [0.15, 0.2) is 0 Å². The highest BCUT2D eigenvalue weighted by Crippen LogP contribution is 1.72. The van der Waals surface area contributed by atoms with Crippen molar-refractivity contribution in [3.63, 3.8) is 0 Å². The molecule has 7 heavy (non-hydrogen) atoms. The number of aliphatic hydroxyl groups excluding tert-OH is 1. The van der Waals surface area contributed by atoms with Crippen molar-refractivity contribution in [1.29, 1.82) is 0 Å². The van der Waals surface area contributed by atoms with E-state index in [0.717, 1.165) is 0 Å². The summed E-state index contributed by atoms with van der Waals surface area (Å²) < 4.78 is 4.72. The monoisotopic (exact) mass is 105 g/mol. The number of ether oxygens (including phenoxy) is 1. The second kappa shape index (κ2) is 4.05. The van der Waals surface area contributed by atoms with E-state index in [1.807, 2.05) is 6.92 Å². The summed E-state index contributed by atoms with van der Waals surface area (Å²) in [5.74, 6) is 0. The van der Waals surface area contributed by atoms with Crippen LogP contribution in [-0.2, 0) is 4.74 Å². The molecule has 3 heteroatoms. The van der Waals surface area contributed by atoms with Crippen molar-refractivity contribution < 1.29 is 9.84 Å². The maximum Gasteiger partial charge on any atom is 0.126 e. The van der Waals surface area contributed by atoms with Crippen LogP contribution in [0.4, 0.5) is 0 Å². The molecule has 1 unspecified atom stereocenters. The van der Waals surface area contributed by atoms with E-state index in [2.05, 4.69) is 0 Å². The van der Waals surface area contributed by atoms with Gasteiger partial charge in [-0.15, -0.1) is 0 Å². The lowest BCUT2D eigenvalue weighted by molar-refractivity contribution is 0.0463. The Labute approximate surface area is 43.1 Å². The molecule has 0 aromatic heterocycles. The normalized spacial score (nSPS) is 14.1. The molecule has 0 aliphatic heterocycles. The van der Waals surface area contributed by atoms with Crippen LogP contribution >= 0.6 is 0 Å². The largest absolute Gasteiger partial charge is 0.378 e. The van der Waals surface area contributed by atoms with Crippen molar-refractivity contribution in [3.05, 3.63) is 0 Å². The summed E-state index contributed by atoms with van der Waals surface area (Å²) >= 11 is 0. The molecule has 0 rings (SSSR count). The summed E-state index contributed by atoms with van der Waals surface area (Å²) in [6, 6.07) is 0. The Morgan fingerprint density at radius 2 is 2.43 bits per heavy atom. The van der Waals surface area contributed by atoms with Crippen molar-refractivity contribution in [2.24, 2.45) is 5.73 Å². The van der Waals surface area contributed by atoms with Gasteiger partial charge in [-0.05, 0) is 6.92 Å². The minimum absolute atomic E-state index is 0.233. The molecule has 0 amide bonds. The van der Waals surface area contributed by atoms with Crippen molar-refractivity contribution in [2.45, 2.75) is 13.2 Å². The highest BCUT2D eigenvalue weighted by atomic mass is 16.5. The third-order valence-corrected chi connectivity index (χ3v) is 0.493. The van der Waals surface area contributed by atoms with E-state index < -0.39 is 6.23 Å². The number of hydrogen-bond donors (Lipinski definition) is 2. The van der Waals surface area contributed by atoms with Gasteiger partial charge in [0.2, 0.25) is 0 Å². The van der Waals surface area contributed by atoms with Crippen molar-refractivity contribution in [1.82, 2.24) is 0 Å². The molecule has 44 valence electrons. The minimum Gasteiger partial charge on any atom is -0.378 e. The molecular formula is C4H11NO2. The standard InChI is InChI=1S/C4H11NO2/c1-2-7-3-4(5)6/h4,6H,2-3,5H2,1H3. The van der Waals surface area contributed by atoms with E-state index in [1.165, 1.54) is 0 Å². The highest BCUT2D eigenvalue weighted by molar-refractivity contribution is 4.35. The predicted molar refractivity (Wildman–Crippen MR) is 26.7 cm³/mol. The Balaban J connectivity index is 2.68. The van der Waals surface area contributed by atoms with Gasteiger partial charge < -0.3 is 15.6 Å². The second-order valence-corrected chi connectivity index (χ2v) is 1.23. The maximum atomic E-state index is 8.34. The number of nitrogens with two attached hydrogens (primary N) is 1. The van der Waals surface area contributed by atoms with Gasteiger partial charge in [0.25, 0.3) is 0 Å². The number of aliphatic hydroxyl groups is 1. The average molecular weight is 105 g/mol. The first kappa shape index (κ1) is 6.88. The van der Waals surface area contributed by atoms with Crippen LogP contribution in [0.25, 0.3) is 0 Å². The highest BCUT2D eigenvalue weighted by Gasteiger charge is 1.90. The summed E-state index contributed by atoms with van der Waals surface area (Å²) in [4.78, 5) is 0. The molecule has 1 atom stereocenters. The Hall–Kier alpha value is -0.120. The zero-order chi connectivity index (χ0) is 5.70. The molecule has 0 aliphatic carbocycles. The lowest BCUT2D eigenvalue weighted by atomic mass is 10.6. The molecular weight excluding hydrogens is 94.0 g/mol. The van der Waals surface area contributed by atoms with Crippen LogP contribution in [0.3, 0.4) is 0 Å². The molecule has 3 N–H and O–H groups in total. The lowest BCUT2D eigenvalue weighted by Crippen LogP contribution is -2.24. The van der Waals surface area contributed by atoms with Crippen LogP contribution in [0, 0.1) is 0 Å². The quantitative estimate of drug-likeness (QED) is 0.467. The van der Waals surface area contributed by atoms with E-state index in [1.54, 1.807) is 0 Å². The van der Waals surface area contributed by atoms with Gasteiger partial charge in [-0.3, -0.25) is 0 Å². The molecule has 0 saturated carbocycles. The topological polar surface area (TPSA) is 55.5 Å². The van der Waals surface area contributed by atoms with E-state index >= 15 is 0 Å². The summed E-state index contributed by atoms with van der Waals surface area (Å²) in [6.45, 7) is 2.69. The smallest absolute Gasteiger partial charge is 0.126 e. The molecule has 3 nitrogen and oxygen atoms in total. The lowest BCUT2D eigenvalue weighted by Gasteiger charge is -2.01. The Morgan fingerprint density at radius 3 is 2.57 bits per heavy atom. The first-order chi connectivity index (χ1) is 3.27. The number of hydrogen-bond acceptors (Lipinski definition) is 3. The first-order valence-electron chi connectivity index (χ1n) is 2.28. The van der Waals surface area contributed by atoms with Crippen LogP contribution in [0.5, 0.6) is 0 Å². The third kappa shape index (κ3) is 5.88. The predicted octanol–water partition coefficient (Wildman–Crippen LogP) is -0.700. The van der Waals surface area contributed by atoms with E-state index in [9.17, 15) is 0 Å². The number of rotatable bonds is 3. The van der Waals surface area contributed by atoms with Crippen molar-refractivity contribution in [3.8, 4) is 0 Å². The van der Waals surface area contributed by atoms with Crippen molar-refractivity contribution >= 4 is 0 Å². The summed E-state index contributed by atoms with van der Waals surface area (Å²) in [7, 11) is 0. The molecule has 0 aliphatic rings. The van der Waals surface area contributed by atoms with Crippen LogP contribution in [0.2, 0.25) is 0 Å². The zero-order valence-electron chi connectivity index (χ0n) is 4.42. The Morgan fingerprint density at radius 1 is 1.86 bits per heavy atom. The second-order valence-electron chi connectivity index (χ2n) is 1.23. The van der Waals surface area contributed by atoms with E-state index in [-0.39, 0.29) is 6.61 Å². The van der Waals surface area contributed by atoms with Gasteiger partial charge in [0, 0.05) is 6.61 Å². The maximum absolute atomic E-state index is 8.34. The Bertz CT molecular complexity index is 38.7. The van der Waals surface area contributed by atoms with Gasteiger partial charge in [-0.1, -0.05) is 0 Å². The van der Waals surface area contributed by atoms with Crippen LogP contribution < -0.4 is 5.73 Å².